The van der Waals surface area contributed by atoms with Gasteiger partial charge in [0.1, 0.15) is 12.5 Å². The van der Waals surface area contributed by atoms with Gasteiger partial charge < -0.3 is 4.90 Å². The van der Waals surface area contributed by atoms with Gasteiger partial charge in [-0.1, -0.05) is 13.8 Å². The average Bonchev–Trinajstić information content (AvgIpc) is 2.21. The summed E-state index contributed by atoms with van der Waals surface area (Å²) in [5.74, 6) is 1.24. The van der Waals surface area contributed by atoms with Crippen molar-refractivity contribution in [3.05, 3.63) is 0 Å². The Bertz CT molecular complexity index is 184. The van der Waals surface area contributed by atoms with Crippen molar-refractivity contribution in [2.24, 2.45) is 9.98 Å². The molecule has 68 valence electrons. The van der Waals surface area contributed by atoms with Gasteiger partial charge >= 0.3 is 0 Å². The molecule has 0 saturated heterocycles. The fraction of sp³-hybridized carbons (Fsp3) is 0.778. The van der Waals surface area contributed by atoms with Crippen LogP contribution in [0, 0.1) is 0 Å². The highest BCUT2D eigenvalue weighted by atomic mass is 15.3. The summed E-state index contributed by atoms with van der Waals surface area (Å²) < 4.78 is 0. The molecular formula is C9H17N3. The van der Waals surface area contributed by atoms with Crippen LogP contribution in [0.3, 0.4) is 0 Å². The van der Waals surface area contributed by atoms with E-state index in [2.05, 4.69) is 14.9 Å². The molecule has 3 nitrogen and oxygen atoms in total. The molecule has 0 radical (unpaired) electrons. The minimum absolute atomic E-state index is 0.832. The lowest BCUT2D eigenvalue weighted by molar-refractivity contribution is 0.396. The first-order chi connectivity index (χ1) is 5.97. The first-order valence-electron chi connectivity index (χ1n) is 4.73. The van der Waals surface area contributed by atoms with Crippen molar-refractivity contribution in [2.45, 2.75) is 26.7 Å². The number of nitrogens with zero attached hydrogens (tertiary/aromatic N) is 3. The molecule has 0 aromatic rings. The predicted molar refractivity (Wildman–Crippen MR) is 52.9 cm³/mol. The molecule has 0 fully saturated rings. The first kappa shape index (κ1) is 9.23. The molecule has 0 bridgehead atoms. The summed E-state index contributed by atoms with van der Waals surface area (Å²) in [5, 5.41) is 0. The zero-order valence-corrected chi connectivity index (χ0v) is 7.95. The molecule has 0 spiro atoms. The standard InChI is InChI=1S/C7H11N3.C2H6/c1-3-9-7-2-4-8-6-10(7)5-1;1-2/h4H,1-3,5-6H2;1-2H3. The van der Waals surface area contributed by atoms with E-state index in [9.17, 15) is 0 Å². The fourth-order valence-corrected chi connectivity index (χ4v) is 1.35. The van der Waals surface area contributed by atoms with E-state index in [1.165, 1.54) is 12.3 Å². The second-order valence-electron chi connectivity index (χ2n) is 2.63. The Morgan fingerprint density at radius 1 is 1.42 bits per heavy atom. The molecule has 0 aromatic carbocycles. The zero-order valence-electron chi connectivity index (χ0n) is 7.95. The summed E-state index contributed by atoms with van der Waals surface area (Å²) in [4.78, 5) is 10.8. The third-order valence-corrected chi connectivity index (χ3v) is 1.90. The molecule has 2 rings (SSSR count). The van der Waals surface area contributed by atoms with Gasteiger partial charge in [-0.05, 0) is 6.42 Å². The van der Waals surface area contributed by atoms with Crippen LogP contribution in [-0.2, 0) is 0 Å². The smallest absolute Gasteiger partial charge is 0.110 e. The molecule has 0 aromatic heterocycles. The summed E-state index contributed by atoms with van der Waals surface area (Å²) in [6.07, 6.45) is 4.10. The monoisotopic (exact) mass is 167 g/mol. The van der Waals surface area contributed by atoms with Crippen LogP contribution in [0.1, 0.15) is 26.7 Å². The minimum Gasteiger partial charge on any atom is -0.341 e. The van der Waals surface area contributed by atoms with Crippen molar-refractivity contribution in [1.29, 1.82) is 0 Å². The van der Waals surface area contributed by atoms with E-state index in [1.54, 1.807) is 0 Å². The lowest BCUT2D eigenvalue weighted by Crippen LogP contribution is -2.38. The van der Waals surface area contributed by atoms with Crippen molar-refractivity contribution in [3.63, 3.8) is 0 Å². The Kier molecular flexibility index (Phi) is 3.77. The van der Waals surface area contributed by atoms with Crippen LogP contribution in [-0.4, -0.2) is 36.7 Å². The van der Waals surface area contributed by atoms with Crippen LogP contribution in [0.2, 0.25) is 0 Å². The third kappa shape index (κ3) is 2.06. The van der Waals surface area contributed by atoms with Gasteiger partial charge in [0.05, 0.1) is 0 Å². The summed E-state index contributed by atoms with van der Waals surface area (Å²) in [7, 11) is 0. The summed E-state index contributed by atoms with van der Waals surface area (Å²) in [6.45, 7) is 6.99. The predicted octanol–water partition coefficient (Wildman–Crippen LogP) is 1.55. The Balaban J connectivity index is 0.000000336. The van der Waals surface area contributed by atoms with Gasteiger partial charge in [-0.3, -0.25) is 9.98 Å². The molecular weight excluding hydrogens is 150 g/mol. The largest absolute Gasteiger partial charge is 0.341 e. The van der Waals surface area contributed by atoms with Crippen molar-refractivity contribution in [1.82, 2.24) is 4.90 Å². The van der Waals surface area contributed by atoms with Crippen LogP contribution in [0.5, 0.6) is 0 Å². The van der Waals surface area contributed by atoms with Gasteiger partial charge in [-0.2, -0.15) is 0 Å². The number of hydrogen-bond donors (Lipinski definition) is 0. The van der Waals surface area contributed by atoms with E-state index in [0.717, 1.165) is 26.2 Å². The van der Waals surface area contributed by atoms with Gasteiger partial charge in [0.25, 0.3) is 0 Å². The van der Waals surface area contributed by atoms with E-state index in [-0.39, 0.29) is 0 Å². The summed E-state index contributed by atoms with van der Waals surface area (Å²) in [6, 6.07) is 0. The van der Waals surface area contributed by atoms with Crippen LogP contribution in [0.15, 0.2) is 9.98 Å². The summed E-state index contributed by atoms with van der Waals surface area (Å²) >= 11 is 0. The van der Waals surface area contributed by atoms with Gasteiger partial charge in [-0.25, -0.2) is 0 Å². The quantitative estimate of drug-likeness (QED) is 0.538. The number of amidine groups is 1. The van der Waals surface area contributed by atoms with Gasteiger partial charge in [0, 0.05) is 25.7 Å². The maximum atomic E-state index is 4.40. The van der Waals surface area contributed by atoms with Gasteiger partial charge in [0.15, 0.2) is 0 Å². The van der Waals surface area contributed by atoms with Gasteiger partial charge in [0.2, 0.25) is 0 Å². The van der Waals surface area contributed by atoms with Crippen LogP contribution >= 0.6 is 0 Å². The maximum Gasteiger partial charge on any atom is 0.110 e. The Morgan fingerprint density at radius 3 is 3.00 bits per heavy atom. The van der Waals surface area contributed by atoms with Crippen molar-refractivity contribution in [3.8, 4) is 0 Å². The Labute approximate surface area is 74.2 Å². The Hall–Kier alpha value is -0.860. The molecule has 3 heteroatoms. The topological polar surface area (TPSA) is 28.0 Å². The summed E-state index contributed by atoms with van der Waals surface area (Å²) in [5.41, 5.74) is 0. The normalized spacial score (nSPS) is 20.5. The molecule has 2 aliphatic rings. The second kappa shape index (κ2) is 4.91. The van der Waals surface area contributed by atoms with Crippen LogP contribution < -0.4 is 0 Å². The van der Waals surface area contributed by atoms with Crippen molar-refractivity contribution in [2.75, 3.05) is 19.8 Å². The van der Waals surface area contributed by atoms with Crippen LogP contribution in [0.25, 0.3) is 0 Å². The zero-order chi connectivity index (χ0) is 8.81. The number of rotatable bonds is 0. The molecule has 2 aliphatic heterocycles. The molecule has 0 atom stereocenters. The molecule has 0 amide bonds. The average molecular weight is 167 g/mol. The van der Waals surface area contributed by atoms with E-state index < -0.39 is 0 Å². The third-order valence-electron chi connectivity index (χ3n) is 1.90. The van der Waals surface area contributed by atoms with E-state index in [4.69, 9.17) is 0 Å². The number of hydrogen-bond acceptors (Lipinski definition) is 3. The van der Waals surface area contributed by atoms with Crippen LogP contribution in [0.4, 0.5) is 0 Å². The maximum absolute atomic E-state index is 4.40. The Morgan fingerprint density at radius 2 is 2.25 bits per heavy atom. The first-order valence-corrected chi connectivity index (χ1v) is 4.73. The number of fused-ring (bicyclic) bond motifs is 1. The molecule has 2 heterocycles. The molecule has 0 N–H and O–H groups in total. The van der Waals surface area contributed by atoms with E-state index >= 15 is 0 Å². The van der Waals surface area contributed by atoms with Gasteiger partial charge in [-0.15, -0.1) is 0 Å². The molecule has 0 saturated carbocycles. The minimum atomic E-state index is 0.832. The highest BCUT2D eigenvalue weighted by Gasteiger charge is 2.15. The van der Waals surface area contributed by atoms with E-state index in [1.807, 2.05) is 20.1 Å². The van der Waals surface area contributed by atoms with Crippen molar-refractivity contribution >= 4 is 12.1 Å². The SMILES string of the molecule is C1=NCN2CCCN=C2C1.CC. The lowest BCUT2D eigenvalue weighted by atomic mass is 10.2. The highest BCUT2D eigenvalue weighted by Crippen LogP contribution is 2.07. The molecule has 0 unspecified atom stereocenters. The lowest BCUT2D eigenvalue weighted by Gasteiger charge is -2.29. The highest BCUT2D eigenvalue weighted by molar-refractivity contribution is 5.95. The number of aliphatic imine (C=N–C) groups is 2. The van der Waals surface area contributed by atoms with E-state index in [0.29, 0.717) is 0 Å². The molecule has 12 heavy (non-hydrogen) atoms. The second-order valence-corrected chi connectivity index (χ2v) is 2.63. The fourth-order valence-electron chi connectivity index (χ4n) is 1.35. The van der Waals surface area contributed by atoms with Crippen molar-refractivity contribution < 1.29 is 0 Å². The molecule has 0 aliphatic carbocycles.